The number of ether oxygens (including phenoxy) is 1. The van der Waals surface area contributed by atoms with Crippen molar-refractivity contribution in [2.45, 2.75) is 20.8 Å². The van der Waals surface area contributed by atoms with E-state index in [1.807, 2.05) is 0 Å². The minimum atomic E-state index is -0.397. The summed E-state index contributed by atoms with van der Waals surface area (Å²) in [5.74, 6) is -0.397. The molecule has 0 unspecified atom stereocenters. The number of carbonyl (C=O) groups is 1. The minimum Gasteiger partial charge on any atom is -0.462 e. The lowest BCUT2D eigenvalue weighted by molar-refractivity contribution is -0.908. The Morgan fingerprint density at radius 3 is 2.79 bits per heavy atom. The molecule has 14 heavy (non-hydrogen) atoms. The molecular weight excluding hydrogens is 182 g/mol. The summed E-state index contributed by atoms with van der Waals surface area (Å²) < 4.78 is 5.80. The molecular formula is C10H14NO3+. The highest BCUT2D eigenvalue weighted by Crippen LogP contribution is 2.10. The third-order valence-corrected chi connectivity index (χ3v) is 2.05. The molecule has 1 heterocycles. The minimum absolute atomic E-state index is 0.331. The summed E-state index contributed by atoms with van der Waals surface area (Å²) in [7, 11) is 0. The number of esters is 1. The maximum absolute atomic E-state index is 11.5. The largest absolute Gasteiger partial charge is 0.462 e. The highest BCUT2D eigenvalue weighted by molar-refractivity contribution is 5.91. The molecule has 76 valence electrons. The van der Waals surface area contributed by atoms with Crippen LogP contribution in [0.4, 0.5) is 0 Å². The first-order chi connectivity index (χ1) is 6.57. The quantitative estimate of drug-likeness (QED) is 0.436. The van der Waals surface area contributed by atoms with E-state index in [4.69, 9.17) is 4.74 Å². The van der Waals surface area contributed by atoms with E-state index < -0.39 is 5.97 Å². The van der Waals surface area contributed by atoms with Gasteiger partial charge in [0.25, 0.3) is 0 Å². The Balaban J connectivity index is 3.18. The Kier molecular flexibility index (Phi) is 3.06. The second-order valence-corrected chi connectivity index (χ2v) is 3.02. The van der Waals surface area contributed by atoms with Crippen molar-refractivity contribution < 1.29 is 19.5 Å². The normalized spacial score (nSPS) is 9.93. The Hall–Kier alpha value is -1.58. The summed E-state index contributed by atoms with van der Waals surface area (Å²) in [5, 5.41) is 9.35. The van der Waals surface area contributed by atoms with Crippen LogP contribution in [0.3, 0.4) is 0 Å². The van der Waals surface area contributed by atoms with Gasteiger partial charge in [-0.1, -0.05) is 0 Å². The fourth-order valence-corrected chi connectivity index (χ4v) is 1.29. The van der Waals surface area contributed by atoms with Crippen molar-refractivity contribution in [3.8, 4) is 0 Å². The van der Waals surface area contributed by atoms with Crippen LogP contribution in [0.15, 0.2) is 12.3 Å². The van der Waals surface area contributed by atoms with Gasteiger partial charge in [-0.05, 0) is 19.4 Å². The van der Waals surface area contributed by atoms with Gasteiger partial charge < -0.3 is 4.74 Å². The van der Waals surface area contributed by atoms with Crippen LogP contribution >= 0.6 is 0 Å². The summed E-state index contributed by atoms with van der Waals surface area (Å²) in [5.41, 5.74) is 1.71. The first-order valence-electron chi connectivity index (χ1n) is 4.46. The van der Waals surface area contributed by atoms with Gasteiger partial charge in [0.05, 0.1) is 6.61 Å². The molecule has 4 heteroatoms. The molecule has 0 bridgehead atoms. The number of nitrogens with zero attached hydrogens (tertiary/aromatic N) is 1. The lowest BCUT2D eigenvalue weighted by Crippen LogP contribution is -2.35. The van der Waals surface area contributed by atoms with Gasteiger partial charge >= 0.3 is 5.97 Å². The SMILES string of the molecule is CCOC(=O)c1c(C)cc[n+](O)c1C. The van der Waals surface area contributed by atoms with Crippen LogP contribution in [0.1, 0.15) is 28.5 Å². The van der Waals surface area contributed by atoms with E-state index in [1.165, 1.54) is 6.20 Å². The van der Waals surface area contributed by atoms with Crippen LogP contribution in [-0.2, 0) is 4.74 Å². The van der Waals surface area contributed by atoms with Gasteiger partial charge in [0, 0.05) is 17.7 Å². The standard InChI is InChI=1S/C10H14NO3/c1-4-14-10(12)9-7(2)5-6-11(13)8(9)3/h5-6,13H,4H2,1-3H3/q+1. The molecule has 0 radical (unpaired) electrons. The maximum Gasteiger partial charge on any atom is 0.344 e. The van der Waals surface area contributed by atoms with Crippen LogP contribution in [0.5, 0.6) is 0 Å². The monoisotopic (exact) mass is 196 g/mol. The van der Waals surface area contributed by atoms with E-state index >= 15 is 0 Å². The molecule has 0 aliphatic rings. The Labute approximate surface area is 82.7 Å². The van der Waals surface area contributed by atoms with Crippen LogP contribution in [-0.4, -0.2) is 17.8 Å². The zero-order valence-corrected chi connectivity index (χ0v) is 8.57. The van der Waals surface area contributed by atoms with E-state index in [0.29, 0.717) is 17.9 Å². The molecule has 1 aromatic rings. The summed E-state index contributed by atoms with van der Waals surface area (Å²) in [6, 6.07) is 1.67. The molecule has 1 aromatic heterocycles. The average Bonchev–Trinajstić information content (AvgIpc) is 2.13. The lowest BCUT2D eigenvalue weighted by atomic mass is 10.1. The van der Waals surface area contributed by atoms with E-state index in [2.05, 4.69) is 0 Å². The summed E-state index contributed by atoms with van der Waals surface area (Å²) in [6.07, 6.45) is 1.49. The Morgan fingerprint density at radius 2 is 2.21 bits per heavy atom. The third kappa shape index (κ3) is 1.84. The maximum atomic E-state index is 11.5. The molecule has 0 atom stereocenters. The molecule has 1 N–H and O–H groups in total. The smallest absolute Gasteiger partial charge is 0.344 e. The number of aryl methyl sites for hydroxylation is 1. The molecule has 0 aromatic carbocycles. The zero-order valence-electron chi connectivity index (χ0n) is 8.57. The number of hydrogen-bond donors (Lipinski definition) is 1. The predicted octanol–water partition coefficient (Wildman–Crippen LogP) is 1.00. The van der Waals surface area contributed by atoms with Crippen molar-refractivity contribution in [1.29, 1.82) is 0 Å². The number of aromatic nitrogens is 1. The van der Waals surface area contributed by atoms with E-state index in [9.17, 15) is 10.0 Å². The Bertz CT molecular complexity index is 361. The number of carbonyl (C=O) groups excluding carboxylic acids is 1. The fraction of sp³-hybridized carbons (Fsp3) is 0.400. The van der Waals surface area contributed by atoms with Crippen molar-refractivity contribution in [3.05, 3.63) is 29.1 Å². The first-order valence-corrected chi connectivity index (χ1v) is 4.46. The third-order valence-electron chi connectivity index (χ3n) is 2.05. The molecule has 0 saturated heterocycles. The molecule has 0 aliphatic carbocycles. The van der Waals surface area contributed by atoms with Gasteiger partial charge in [-0.15, -0.1) is 0 Å². The molecule has 0 amide bonds. The molecule has 0 aliphatic heterocycles. The van der Waals surface area contributed by atoms with Gasteiger partial charge in [-0.3, -0.25) is 5.21 Å². The number of hydrogen-bond acceptors (Lipinski definition) is 3. The topological polar surface area (TPSA) is 50.4 Å². The van der Waals surface area contributed by atoms with Crippen molar-refractivity contribution in [3.63, 3.8) is 0 Å². The summed E-state index contributed by atoms with van der Waals surface area (Å²) in [4.78, 5) is 11.5. The highest BCUT2D eigenvalue weighted by atomic mass is 16.5. The highest BCUT2D eigenvalue weighted by Gasteiger charge is 2.21. The van der Waals surface area contributed by atoms with Crippen LogP contribution in [0.2, 0.25) is 0 Å². The summed E-state index contributed by atoms with van der Waals surface area (Å²) in [6.45, 7) is 5.55. The van der Waals surface area contributed by atoms with Gasteiger partial charge in [0.1, 0.15) is 5.56 Å². The fourth-order valence-electron chi connectivity index (χ4n) is 1.29. The van der Waals surface area contributed by atoms with Gasteiger partial charge in [-0.2, -0.15) is 0 Å². The molecule has 0 saturated carbocycles. The van der Waals surface area contributed by atoms with Gasteiger partial charge in [-0.25, -0.2) is 4.79 Å². The lowest BCUT2D eigenvalue weighted by Gasteiger charge is -2.04. The Morgan fingerprint density at radius 1 is 1.57 bits per heavy atom. The molecule has 0 fully saturated rings. The number of pyridine rings is 1. The van der Waals surface area contributed by atoms with E-state index in [0.717, 1.165) is 10.3 Å². The van der Waals surface area contributed by atoms with Crippen LogP contribution in [0, 0.1) is 13.8 Å². The van der Waals surface area contributed by atoms with E-state index in [-0.39, 0.29) is 0 Å². The van der Waals surface area contributed by atoms with Crippen molar-refractivity contribution >= 4 is 5.97 Å². The second kappa shape index (κ2) is 4.09. The van der Waals surface area contributed by atoms with Crippen LogP contribution < -0.4 is 4.73 Å². The molecule has 1 rings (SSSR count). The second-order valence-electron chi connectivity index (χ2n) is 3.02. The zero-order chi connectivity index (χ0) is 10.7. The molecule has 0 spiro atoms. The van der Waals surface area contributed by atoms with Gasteiger partial charge in [0.2, 0.25) is 11.9 Å². The number of rotatable bonds is 2. The van der Waals surface area contributed by atoms with E-state index in [1.54, 1.807) is 26.8 Å². The summed E-state index contributed by atoms with van der Waals surface area (Å²) >= 11 is 0. The average molecular weight is 196 g/mol. The predicted molar refractivity (Wildman–Crippen MR) is 49.3 cm³/mol. The van der Waals surface area contributed by atoms with Crippen molar-refractivity contribution in [1.82, 2.24) is 0 Å². The molecule has 4 nitrogen and oxygen atoms in total. The van der Waals surface area contributed by atoms with Crippen molar-refractivity contribution in [2.24, 2.45) is 0 Å². The first kappa shape index (κ1) is 10.5. The van der Waals surface area contributed by atoms with Crippen LogP contribution in [0.25, 0.3) is 0 Å². The van der Waals surface area contributed by atoms with Crippen molar-refractivity contribution in [2.75, 3.05) is 6.61 Å². The van der Waals surface area contributed by atoms with Gasteiger partial charge in [0.15, 0.2) is 0 Å².